The van der Waals surface area contributed by atoms with Gasteiger partial charge in [0.1, 0.15) is 11.6 Å². The third kappa shape index (κ3) is 8.67. The summed E-state index contributed by atoms with van der Waals surface area (Å²) >= 11 is 0. The summed E-state index contributed by atoms with van der Waals surface area (Å²) in [6, 6.07) is 9.08. The first-order chi connectivity index (χ1) is 11.3. The molecule has 1 atom stereocenters. The summed E-state index contributed by atoms with van der Waals surface area (Å²) in [6.07, 6.45) is 2.67. The fourth-order valence-corrected chi connectivity index (χ4v) is 2.25. The molecule has 1 aromatic carbocycles. The summed E-state index contributed by atoms with van der Waals surface area (Å²) < 4.78 is 5.38. The smallest absolute Gasteiger partial charge is 0.329 e. The van der Waals surface area contributed by atoms with E-state index in [-0.39, 0.29) is 12.5 Å². The molecule has 0 aliphatic heterocycles. The summed E-state index contributed by atoms with van der Waals surface area (Å²) in [5, 5.41) is 11.7. The number of hydrogen-bond donors (Lipinski definition) is 2. The van der Waals surface area contributed by atoms with Crippen LogP contribution in [0.5, 0.6) is 0 Å². The molecule has 5 nitrogen and oxygen atoms in total. The van der Waals surface area contributed by atoms with Gasteiger partial charge in [0.15, 0.2) is 0 Å². The lowest BCUT2D eigenvalue weighted by molar-refractivity contribution is -0.158. The van der Waals surface area contributed by atoms with Crippen molar-refractivity contribution in [3.63, 3.8) is 0 Å². The lowest BCUT2D eigenvalue weighted by Crippen LogP contribution is -2.44. The number of nitrogens with one attached hydrogen (secondary N) is 1. The molecule has 5 heteroatoms. The van der Waals surface area contributed by atoms with Crippen LogP contribution in [-0.4, -0.2) is 35.2 Å². The summed E-state index contributed by atoms with van der Waals surface area (Å²) in [6.45, 7) is 5.47. The molecule has 24 heavy (non-hydrogen) atoms. The molecule has 134 valence electrons. The van der Waals surface area contributed by atoms with Crippen LogP contribution < -0.4 is 5.32 Å². The largest absolute Gasteiger partial charge is 0.458 e. The molecule has 1 aromatic rings. The first-order valence-corrected chi connectivity index (χ1v) is 8.49. The molecule has 1 rings (SSSR count). The number of aliphatic hydroxyl groups excluding tert-OH is 1. The van der Waals surface area contributed by atoms with Gasteiger partial charge in [0, 0.05) is 13.0 Å². The Hall–Kier alpha value is -1.88. The first-order valence-electron chi connectivity index (χ1n) is 8.49. The zero-order chi connectivity index (χ0) is 18.0. The molecule has 0 heterocycles. The molecule has 0 unspecified atom stereocenters. The average Bonchev–Trinajstić information content (AvgIpc) is 2.51. The molecule has 0 radical (unpaired) electrons. The van der Waals surface area contributed by atoms with Crippen molar-refractivity contribution in [2.75, 3.05) is 6.61 Å². The molecule has 0 aromatic heterocycles. The summed E-state index contributed by atoms with van der Waals surface area (Å²) in [4.78, 5) is 24.4. The molecule has 0 fully saturated rings. The van der Waals surface area contributed by atoms with Crippen LogP contribution in [0.4, 0.5) is 0 Å². The Kier molecular flexibility index (Phi) is 8.47. The Morgan fingerprint density at radius 3 is 2.42 bits per heavy atom. The molecule has 0 bridgehead atoms. The van der Waals surface area contributed by atoms with Gasteiger partial charge in [-0.2, -0.15) is 0 Å². The van der Waals surface area contributed by atoms with Crippen molar-refractivity contribution in [2.24, 2.45) is 0 Å². The number of esters is 1. The van der Waals surface area contributed by atoms with E-state index in [9.17, 15) is 9.59 Å². The van der Waals surface area contributed by atoms with Gasteiger partial charge in [-0.05, 0) is 52.0 Å². The molecule has 1 amide bonds. The monoisotopic (exact) mass is 335 g/mol. The van der Waals surface area contributed by atoms with E-state index in [4.69, 9.17) is 9.84 Å². The Morgan fingerprint density at radius 2 is 1.83 bits per heavy atom. The fraction of sp³-hybridized carbons (Fsp3) is 0.579. The predicted molar refractivity (Wildman–Crippen MR) is 93.5 cm³/mol. The maximum absolute atomic E-state index is 12.3. The maximum atomic E-state index is 12.3. The third-order valence-corrected chi connectivity index (χ3v) is 3.41. The highest BCUT2D eigenvalue weighted by molar-refractivity contribution is 5.84. The molecule has 0 aliphatic rings. The van der Waals surface area contributed by atoms with E-state index in [2.05, 4.69) is 5.32 Å². The maximum Gasteiger partial charge on any atom is 0.329 e. The number of carbonyl (C=O) groups is 2. The zero-order valence-corrected chi connectivity index (χ0v) is 14.9. The first kappa shape index (κ1) is 20.2. The van der Waals surface area contributed by atoms with Crippen molar-refractivity contribution in [1.29, 1.82) is 0 Å². The van der Waals surface area contributed by atoms with Gasteiger partial charge < -0.3 is 15.2 Å². The summed E-state index contributed by atoms with van der Waals surface area (Å²) in [7, 11) is 0. The van der Waals surface area contributed by atoms with E-state index in [1.807, 2.05) is 30.3 Å². The number of benzene rings is 1. The topological polar surface area (TPSA) is 75.6 Å². The Balaban J connectivity index is 2.55. The SMILES string of the molecule is CC(C)(C)OC(=O)[C@H](CCCCO)NC(=O)CCc1ccccc1. The van der Waals surface area contributed by atoms with Crippen molar-refractivity contribution in [3.8, 4) is 0 Å². The lowest BCUT2D eigenvalue weighted by atomic mass is 10.1. The van der Waals surface area contributed by atoms with Crippen LogP contribution in [0.15, 0.2) is 30.3 Å². The molecular weight excluding hydrogens is 306 g/mol. The second-order valence-electron chi connectivity index (χ2n) is 6.86. The number of amides is 1. The highest BCUT2D eigenvalue weighted by Gasteiger charge is 2.26. The number of hydrogen-bond acceptors (Lipinski definition) is 4. The van der Waals surface area contributed by atoms with Crippen molar-refractivity contribution < 1.29 is 19.4 Å². The Bertz CT molecular complexity index is 508. The minimum atomic E-state index is -0.668. The van der Waals surface area contributed by atoms with Crippen LogP contribution in [-0.2, 0) is 20.7 Å². The van der Waals surface area contributed by atoms with Gasteiger partial charge in [0.2, 0.25) is 5.91 Å². The molecule has 0 saturated heterocycles. The highest BCUT2D eigenvalue weighted by atomic mass is 16.6. The van der Waals surface area contributed by atoms with Gasteiger partial charge in [-0.3, -0.25) is 4.79 Å². The van der Waals surface area contributed by atoms with Crippen LogP contribution in [0, 0.1) is 0 Å². The second kappa shape index (κ2) is 10.1. The number of ether oxygens (including phenoxy) is 1. The van der Waals surface area contributed by atoms with E-state index < -0.39 is 17.6 Å². The third-order valence-electron chi connectivity index (χ3n) is 3.41. The quantitative estimate of drug-likeness (QED) is 0.537. The molecule has 0 saturated carbocycles. The minimum absolute atomic E-state index is 0.0724. The molecule has 0 spiro atoms. The number of aliphatic hydroxyl groups is 1. The Labute approximate surface area is 144 Å². The van der Waals surface area contributed by atoms with E-state index in [0.29, 0.717) is 32.1 Å². The molecule has 2 N–H and O–H groups in total. The van der Waals surface area contributed by atoms with E-state index in [1.165, 1.54) is 0 Å². The lowest BCUT2D eigenvalue weighted by Gasteiger charge is -2.24. The standard InChI is InChI=1S/C19H29NO4/c1-19(2,3)24-18(23)16(11-7-8-14-21)20-17(22)13-12-15-9-5-4-6-10-15/h4-6,9-10,16,21H,7-8,11-14H2,1-3H3,(H,20,22)/t16-/m0/s1. The van der Waals surface area contributed by atoms with Gasteiger partial charge >= 0.3 is 5.97 Å². The van der Waals surface area contributed by atoms with Gasteiger partial charge in [-0.15, -0.1) is 0 Å². The van der Waals surface area contributed by atoms with Crippen molar-refractivity contribution in [2.45, 2.75) is 64.5 Å². The van der Waals surface area contributed by atoms with Crippen LogP contribution in [0.2, 0.25) is 0 Å². The van der Waals surface area contributed by atoms with Crippen molar-refractivity contribution in [3.05, 3.63) is 35.9 Å². The summed E-state index contributed by atoms with van der Waals surface area (Å²) in [5.41, 5.74) is 0.489. The Morgan fingerprint density at radius 1 is 1.17 bits per heavy atom. The van der Waals surface area contributed by atoms with Crippen LogP contribution >= 0.6 is 0 Å². The number of aryl methyl sites for hydroxylation is 1. The van der Waals surface area contributed by atoms with Gasteiger partial charge in [0.25, 0.3) is 0 Å². The van der Waals surface area contributed by atoms with Crippen molar-refractivity contribution in [1.82, 2.24) is 5.32 Å². The predicted octanol–water partition coefficient (Wildman–Crippen LogP) is 2.61. The number of carbonyl (C=O) groups excluding carboxylic acids is 2. The average molecular weight is 335 g/mol. The molecular formula is C19H29NO4. The van der Waals surface area contributed by atoms with Crippen molar-refractivity contribution >= 4 is 11.9 Å². The van der Waals surface area contributed by atoms with Crippen LogP contribution in [0.1, 0.15) is 52.0 Å². The van der Waals surface area contributed by atoms with Gasteiger partial charge in [-0.25, -0.2) is 4.79 Å². The van der Waals surface area contributed by atoms with E-state index in [0.717, 1.165) is 5.56 Å². The molecule has 0 aliphatic carbocycles. The van der Waals surface area contributed by atoms with E-state index in [1.54, 1.807) is 20.8 Å². The van der Waals surface area contributed by atoms with Gasteiger partial charge in [-0.1, -0.05) is 30.3 Å². The second-order valence-corrected chi connectivity index (χ2v) is 6.86. The van der Waals surface area contributed by atoms with Crippen LogP contribution in [0.3, 0.4) is 0 Å². The van der Waals surface area contributed by atoms with Gasteiger partial charge in [0.05, 0.1) is 0 Å². The normalized spacial score (nSPS) is 12.5. The zero-order valence-electron chi connectivity index (χ0n) is 14.9. The summed E-state index contributed by atoms with van der Waals surface area (Å²) in [5.74, 6) is -0.591. The highest BCUT2D eigenvalue weighted by Crippen LogP contribution is 2.12. The fourth-order valence-electron chi connectivity index (χ4n) is 2.25. The number of unbranched alkanes of at least 4 members (excludes halogenated alkanes) is 1. The van der Waals surface area contributed by atoms with Crippen LogP contribution in [0.25, 0.3) is 0 Å². The van der Waals surface area contributed by atoms with E-state index >= 15 is 0 Å². The number of rotatable bonds is 9. The minimum Gasteiger partial charge on any atom is -0.458 e.